The SMILES string of the molecule is CCC(c1nc2ccccc2c(=O)n1-c1ccccc1OC)N(CC)C(=O)c1ccc2ccccc2c1. The smallest absolute Gasteiger partial charge is 0.266 e. The van der Waals surface area contributed by atoms with Gasteiger partial charge in [-0.1, -0.05) is 61.5 Å². The highest BCUT2D eigenvalue weighted by Gasteiger charge is 2.29. The summed E-state index contributed by atoms with van der Waals surface area (Å²) in [7, 11) is 1.58. The number of carbonyl (C=O) groups excluding carboxylic acids is 1. The molecule has 1 unspecified atom stereocenters. The largest absolute Gasteiger partial charge is 0.495 e. The molecule has 5 rings (SSSR count). The van der Waals surface area contributed by atoms with Crippen LogP contribution in [0.25, 0.3) is 27.4 Å². The minimum atomic E-state index is -0.439. The topological polar surface area (TPSA) is 64.4 Å². The minimum absolute atomic E-state index is 0.103. The summed E-state index contributed by atoms with van der Waals surface area (Å²) >= 11 is 0. The molecule has 0 aliphatic carbocycles. The summed E-state index contributed by atoms with van der Waals surface area (Å²) in [4.78, 5) is 34.6. The predicted molar refractivity (Wildman–Crippen MR) is 148 cm³/mol. The van der Waals surface area contributed by atoms with Gasteiger partial charge in [0.2, 0.25) is 0 Å². The van der Waals surface area contributed by atoms with Crippen LogP contribution in [0.2, 0.25) is 0 Å². The molecule has 0 aliphatic rings. The molecule has 6 heteroatoms. The molecule has 6 nitrogen and oxygen atoms in total. The van der Waals surface area contributed by atoms with E-state index >= 15 is 0 Å². The van der Waals surface area contributed by atoms with E-state index in [4.69, 9.17) is 9.72 Å². The standard InChI is InChI=1S/C31H29N3O3/c1-4-26(33(5-2)30(35)23-19-18-21-12-6-7-13-22(21)20-23)29-32-25-15-9-8-14-24(25)31(36)34(29)27-16-10-11-17-28(27)37-3/h6-20,26H,4-5H2,1-3H3. The van der Waals surface area contributed by atoms with E-state index in [0.717, 1.165) is 10.8 Å². The first kappa shape index (κ1) is 24.3. The lowest BCUT2D eigenvalue weighted by atomic mass is 10.0. The maximum atomic E-state index is 13.9. The van der Waals surface area contributed by atoms with E-state index < -0.39 is 6.04 Å². The van der Waals surface area contributed by atoms with Crippen LogP contribution >= 0.6 is 0 Å². The first-order valence-corrected chi connectivity index (χ1v) is 12.5. The number of hydrogen-bond donors (Lipinski definition) is 0. The van der Waals surface area contributed by atoms with Crippen LogP contribution in [0.15, 0.2) is 95.8 Å². The van der Waals surface area contributed by atoms with Crippen molar-refractivity contribution in [3.63, 3.8) is 0 Å². The summed E-state index contributed by atoms with van der Waals surface area (Å²) < 4.78 is 7.21. The summed E-state index contributed by atoms with van der Waals surface area (Å²) in [6, 6.07) is 28.0. The Morgan fingerprint density at radius 3 is 2.38 bits per heavy atom. The highest BCUT2D eigenvalue weighted by molar-refractivity contribution is 5.98. The molecule has 0 N–H and O–H groups in total. The van der Waals surface area contributed by atoms with E-state index in [1.54, 1.807) is 22.6 Å². The van der Waals surface area contributed by atoms with Crippen LogP contribution in [0, 0.1) is 0 Å². The zero-order chi connectivity index (χ0) is 25.9. The fraction of sp³-hybridized carbons (Fsp3) is 0.194. The second-order valence-electron chi connectivity index (χ2n) is 8.88. The Bertz CT molecular complexity index is 1660. The highest BCUT2D eigenvalue weighted by atomic mass is 16.5. The Labute approximate surface area is 215 Å². The third-order valence-corrected chi connectivity index (χ3v) is 6.79. The lowest BCUT2D eigenvalue weighted by Gasteiger charge is -2.32. The number of ether oxygens (including phenoxy) is 1. The summed E-state index contributed by atoms with van der Waals surface area (Å²) in [5.74, 6) is 0.961. The number of rotatable bonds is 7. The Balaban J connectivity index is 1.70. The zero-order valence-electron chi connectivity index (χ0n) is 21.2. The van der Waals surface area contributed by atoms with E-state index in [1.165, 1.54) is 0 Å². The predicted octanol–water partition coefficient (Wildman–Crippen LogP) is 6.16. The lowest BCUT2D eigenvalue weighted by molar-refractivity contribution is 0.0672. The van der Waals surface area contributed by atoms with E-state index in [9.17, 15) is 9.59 Å². The average molecular weight is 492 g/mol. The molecule has 0 saturated heterocycles. The molecular formula is C31H29N3O3. The molecule has 186 valence electrons. The summed E-state index contributed by atoms with van der Waals surface area (Å²) in [5.41, 5.74) is 1.60. The number of nitrogens with zero attached hydrogens (tertiary/aromatic N) is 3. The van der Waals surface area contributed by atoms with Crippen LogP contribution in [-0.4, -0.2) is 34.0 Å². The first-order chi connectivity index (χ1) is 18.1. The molecule has 1 aromatic heterocycles. The Morgan fingerprint density at radius 2 is 1.62 bits per heavy atom. The van der Waals surface area contributed by atoms with Crippen molar-refractivity contribution in [3.05, 3.63) is 113 Å². The van der Waals surface area contributed by atoms with Crippen LogP contribution in [0.1, 0.15) is 42.5 Å². The van der Waals surface area contributed by atoms with Crippen LogP contribution < -0.4 is 10.3 Å². The molecule has 1 atom stereocenters. The number of fused-ring (bicyclic) bond motifs is 2. The van der Waals surface area contributed by atoms with Crippen molar-refractivity contribution in [3.8, 4) is 11.4 Å². The number of para-hydroxylation sites is 3. The molecule has 0 saturated carbocycles. The van der Waals surface area contributed by atoms with Gasteiger partial charge >= 0.3 is 0 Å². The number of amides is 1. The monoisotopic (exact) mass is 491 g/mol. The lowest BCUT2D eigenvalue weighted by Crippen LogP contribution is -2.38. The van der Waals surface area contributed by atoms with Gasteiger partial charge in [-0.25, -0.2) is 4.98 Å². The van der Waals surface area contributed by atoms with Crippen molar-refractivity contribution < 1.29 is 9.53 Å². The molecule has 5 aromatic rings. The van der Waals surface area contributed by atoms with Gasteiger partial charge < -0.3 is 9.64 Å². The number of hydrogen-bond acceptors (Lipinski definition) is 4. The van der Waals surface area contributed by atoms with Crippen molar-refractivity contribution in [2.75, 3.05) is 13.7 Å². The summed E-state index contributed by atoms with van der Waals surface area (Å²) in [5, 5.41) is 2.60. The van der Waals surface area contributed by atoms with Gasteiger partial charge in [-0.15, -0.1) is 0 Å². The number of methoxy groups -OCH3 is 1. The van der Waals surface area contributed by atoms with E-state index in [2.05, 4.69) is 0 Å². The van der Waals surface area contributed by atoms with Crippen molar-refractivity contribution in [2.24, 2.45) is 0 Å². The van der Waals surface area contributed by atoms with Crippen LogP contribution in [0.5, 0.6) is 5.75 Å². The Hall–Kier alpha value is -4.45. The number of carbonyl (C=O) groups is 1. The highest BCUT2D eigenvalue weighted by Crippen LogP contribution is 2.30. The zero-order valence-corrected chi connectivity index (χ0v) is 21.2. The number of benzene rings is 4. The van der Waals surface area contributed by atoms with Crippen LogP contribution in [0.4, 0.5) is 0 Å². The minimum Gasteiger partial charge on any atom is -0.495 e. The van der Waals surface area contributed by atoms with Gasteiger partial charge in [-0.05, 0) is 60.5 Å². The second-order valence-corrected chi connectivity index (χ2v) is 8.88. The maximum Gasteiger partial charge on any atom is 0.266 e. The molecule has 37 heavy (non-hydrogen) atoms. The fourth-order valence-electron chi connectivity index (χ4n) is 4.96. The third-order valence-electron chi connectivity index (χ3n) is 6.79. The molecule has 0 fully saturated rings. The van der Waals surface area contributed by atoms with Crippen molar-refractivity contribution in [2.45, 2.75) is 26.3 Å². The van der Waals surface area contributed by atoms with Crippen LogP contribution in [-0.2, 0) is 0 Å². The quantitative estimate of drug-likeness (QED) is 0.273. The molecule has 0 aliphatic heterocycles. The normalized spacial score (nSPS) is 12.0. The number of aromatic nitrogens is 2. The summed E-state index contributed by atoms with van der Waals surface area (Å²) in [6.07, 6.45) is 0.576. The molecule has 0 radical (unpaired) electrons. The van der Waals surface area contributed by atoms with E-state index in [-0.39, 0.29) is 11.5 Å². The summed E-state index contributed by atoms with van der Waals surface area (Å²) in [6.45, 7) is 4.42. The van der Waals surface area contributed by atoms with Crippen molar-refractivity contribution in [1.29, 1.82) is 0 Å². The molecule has 0 spiro atoms. The van der Waals surface area contributed by atoms with Gasteiger partial charge in [0.25, 0.3) is 11.5 Å². The van der Waals surface area contributed by atoms with Gasteiger partial charge in [-0.3, -0.25) is 14.2 Å². The van der Waals surface area contributed by atoms with Gasteiger partial charge in [0.05, 0.1) is 29.7 Å². The Morgan fingerprint density at radius 1 is 0.919 bits per heavy atom. The third kappa shape index (κ3) is 4.35. The molecule has 1 amide bonds. The Kier molecular flexibility index (Phi) is 6.73. The van der Waals surface area contributed by atoms with Gasteiger partial charge in [-0.2, -0.15) is 0 Å². The van der Waals surface area contributed by atoms with Crippen LogP contribution in [0.3, 0.4) is 0 Å². The van der Waals surface area contributed by atoms with E-state index in [0.29, 0.717) is 46.7 Å². The first-order valence-electron chi connectivity index (χ1n) is 12.5. The average Bonchev–Trinajstić information content (AvgIpc) is 2.95. The van der Waals surface area contributed by atoms with Gasteiger partial charge in [0.15, 0.2) is 0 Å². The van der Waals surface area contributed by atoms with Gasteiger partial charge in [0, 0.05) is 12.1 Å². The maximum absolute atomic E-state index is 13.9. The molecule has 0 bridgehead atoms. The van der Waals surface area contributed by atoms with Crippen molar-refractivity contribution in [1.82, 2.24) is 14.5 Å². The second kappa shape index (κ2) is 10.3. The molecule has 4 aromatic carbocycles. The van der Waals surface area contributed by atoms with E-state index in [1.807, 2.05) is 98.8 Å². The fourth-order valence-corrected chi connectivity index (χ4v) is 4.96. The van der Waals surface area contributed by atoms with Gasteiger partial charge in [0.1, 0.15) is 11.6 Å². The molecule has 1 heterocycles. The molecular weight excluding hydrogens is 462 g/mol. The van der Waals surface area contributed by atoms with Crippen molar-refractivity contribution >= 4 is 27.6 Å².